The molecular formula is C22H24N2O4S. The second-order valence-corrected chi connectivity index (χ2v) is 9.70. The van der Waals surface area contributed by atoms with E-state index in [9.17, 15) is 13.2 Å². The van der Waals surface area contributed by atoms with Gasteiger partial charge in [-0.2, -0.15) is 0 Å². The summed E-state index contributed by atoms with van der Waals surface area (Å²) in [6.07, 6.45) is 11.7. The standard InChI is InChI=1S/C22H24N2O4S/c1-24-14-20(19-13-23-11-10-17(19)22(24)25)18-12-16(29(2,26)27)8-9-21(18)28-15-6-4-3-5-7-15/h8-15H,3-7H2,1-2H3. The first kappa shape index (κ1) is 19.6. The third kappa shape index (κ3) is 3.92. The molecule has 0 aliphatic heterocycles. The van der Waals surface area contributed by atoms with Gasteiger partial charge in [0, 0.05) is 48.4 Å². The fourth-order valence-corrected chi connectivity index (χ4v) is 4.58. The number of rotatable bonds is 4. The minimum absolute atomic E-state index is 0.114. The maximum absolute atomic E-state index is 12.5. The van der Waals surface area contributed by atoms with E-state index in [-0.39, 0.29) is 16.6 Å². The largest absolute Gasteiger partial charge is 0.490 e. The van der Waals surface area contributed by atoms with E-state index in [0.717, 1.165) is 31.2 Å². The van der Waals surface area contributed by atoms with Crippen LogP contribution in [-0.2, 0) is 16.9 Å². The Kier molecular flexibility index (Phi) is 5.17. The maximum atomic E-state index is 12.5. The highest BCUT2D eigenvalue weighted by molar-refractivity contribution is 7.90. The zero-order valence-corrected chi connectivity index (χ0v) is 17.4. The van der Waals surface area contributed by atoms with E-state index in [1.165, 1.54) is 17.2 Å². The van der Waals surface area contributed by atoms with Crippen molar-refractivity contribution in [1.82, 2.24) is 9.55 Å². The van der Waals surface area contributed by atoms with Crippen molar-refractivity contribution in [3.63, 3.8) is 0 Å². The molecule has 29 heavy (non-hydrogen) atoms. The summed E-state index contributed by atoms with van der Waals surface area (Å²) in [5, 5.41) is 1.21. The Morgan fingerprint density at radius 3 is 2.55 bits per heavy atom. The number of aromatic nitrogens is 2. The second kappa shape index (κ2) is 7.63. The van der Waals surface area contributed by atoms with Crippen LogP contribution in [0.2, 0.25) is 0 Å². The lowest BCUT2D eigenvalue weighted by atomic mass is 9.97. The SMILES string of the molecule is Cn1cc(-c2cc(S(C)(=O)=O)ccc2OC2CCCCC2)c2cnccc2c1=O. The highest BCUT2D eigenvalue weighted by atomic mass is 32.2. The van der Waals surface area contributed by atoms with Crippen molar-refractivity contribution in [2.45, 2.75) is 43.1 Å². The number of pyridine rings is 2. The number of ether oxygens (including phenoxy) is 1. The first-order valence-corrected chi connectivity index (χ1v) is 11.7. The van der Waals surface area contributed by atoms with Gasteiger partial charge in [0.1, 0.15) is 5.75 Å². The smallest absolute Gasteiger partial charge is 0.258 e. The van der Waals surface area contributed by atoms with E-state index in [4.69, 9.17) is 4.74 Å². The van der Waals surface area contributed by atoms with E-state index < -0.39 is 9.84 Å². The molecule has 7 heteroatoms. The van der Waals surface area contributed by atoms with E-state index in [1.807, 2.05) is 0 Å². The van der Waals surface area contributed by atoms with Crippen LogP contribution >= 0.6 is 0 Å². The van der Waals surface area contributed by atoms with Crippen LogP contribution < -0.4 is 10.3 Å². The quantitative estimate of drug-likeness (QED) is 0.653. The number of fused-ring (bicyclic) bond motifs is 1. The number of nitrogens with zero attached hydrogens (tertiary/aromatic N) is 2. The third-order valence-electron chi connectivity index (χ3n) is 5.50. The maximum Gasteiger partial charge on any atom is 0.258 e. The molecule has 1 saturated carbocycles. The van der Waals surface area contributed by atoms with Gasteiger partial charge >= 0.3 is 0 Å². The molecular weight excluding hydrogens is 388 g/mol. The Morgan fingerprint density at radius 1 is 1.07 bits per heavy atom. The van der Waals surface area contributed by atoms with Crippen molar-refractivity contribution in [3.8, 4) is 16.9 Å². The van der Waals surface area contributed by atoms with Crippen molar-refractivity contribution in [2.24, 2.45) is 7.05 Å². The molecule has 0 bridgehead atoms. The van der Waals surface area contributed by atoms with Crippen LogP contribution in [-0.4, -0.2) is 30.3 Å². The van der Waals surface area contributed by atoms with Crippen molar-refractivity contribution in [1.29, 1.82) is 0 Å². The summed E-state index contributed by atoms with van der Waals surface area (Å²) in [6.45, 7) is 0. The molecule has 0 atom stereocenters. The lowest BCUT2D eigenvalue weighted by molar-refractivity contribution is 0.155. The Balaban J connectivity index is 1.94. The molecule has 1 aliphatic carbocycles. The van der Waals surface area contributed by atoms with Crippen LogP contribution in [0.4, 0.5) is 0 Å². The molecule has 152 valence electrons. The molecule has 0 radical (unpaired) electrons. The topological polar surface area (TPSA) is 78.3 Å². The average Bonchev–Trinajstić information content (AvgIpc) is 2.71. The first-order chi connectivity index (χ1) is 13.8. The highest BCUT2D eigenvalue weighted by Crippen LogP contribution is 2.37. The van der Waals surface area contributed by atoms with E-state index >= 15 is 0 Å². The van der Waals surface area contributed by atoms with E-state index in [1.54, 1.807) is 49.9 Å². The van der Waals surface area contributed by atoms with Crippen molar-refractivity contribution in [2.75, 3.05) is 6.26 Å². The summed E-state index contributed by atoms with van der Waals surface area (Å²) < 4.78 is 32.2. The van der Waals surface area contributed by atoms with Gasteiger partial charge in [0.25, 0.3) is 5.56 Å². The Hall–Kier alpha value is -2.67. The predicted octanol–water partition coefficient (Wildman–Crippen LogP) is 3.72. The van der Waals surface area contributed by atoms with Crippen molar-refractivity contribution in [3.05, 3.63) is 53.2 Å². The van der Waals surface area contributed by atoms with Gasteiger partial charge in [-0.1, -0.05) is 6.42 Å². The molecule has 2 heterocycles. The summed E-state index contributed by atoms with van der Waals surface area (Å²) in [5.74, 6) is 0.633. The summed E-state index contributed by atoms with van der Waals surface area (Å²) in [6, 6.07) is 6.63. The van der Waals surface area contributed by atoms with Gasteiger partial charge in [-0.3, -0.25) is 9.78 Å². The molecule has 0 spiro atoms. The zero-order valence-electron chi connectivity index (χ0n) is 16.6. The number of hydrogen-bond acceptors (Lipinski definition) is 5. The zero-order chi connectivity index (χ0) is 20.6. The molecule has 6 nitrogen and oxygen atoms in total. The van der Waals surface area contributed by atoms with Crippen LogP contribution in [0.5, 0.6) is 5.75 Å². The summed E-state index contributed by atoms with van der Waals surface area (Å²) in [5.41, 5.74) is 1.26. The minimum atomic E-state index is -3.39. The predicted molar refractivity (Wildman–Crippen MR) is 113 cm³/mol. The van der Waals surface area contributed by atoms with Crippen LogP contribution in [0.1, 0.15) is 32.1 Å². The van der Waals surface area contributed by atoms with Crippen LogP contribution in [0.3, 0.4) is 0 Å². The number of sulfone groups is 1. The van der Waals surface area contributed by atoms with Gasteiger partial charge in [0.2, 0.25) is 0 Å². The van der Waals surface area contributed by atoms with Gasteiger partial charge in [0.15, 0.2) is 9.84 Å². The normalized spacial score (nSPS) is 15.5. The Labute approximate surface area is 170 Å². The van der Waals surface area contributed by atoms with Gasteiger partial charge < -0.3 is 9.30 Å². The van der Waals surface area contributed by atoms with E-state index in [0.29, 0.717) is 22.1 Å². The molecule has 1 aromatic carbocycles. The first-order valence-electron chi connectivity index (χ1n) is 9.79. The van der Waals surface area contributed by atoms with Gasteiger partial charge in [-0.05, 0) is 49.9 Å². The van der Waals surface area contributed by atoms with E-state index in [2.05, 4.69) is 4.98 Å². The lowest BCUT2D eigenvalue weighted by Gasteiger charge is -2.25. The molecule has 2 aromatic heterocycles. The average molecular weight is 413 g/mol. The fourth-order valence-electron chi connectivity index (χ4n) is 3.94. The number of hydrogen-bond donors (Lipinski definition) is 0. The summed E-state index contributed by atoms with van der Waals surface area (Å²) >= 11 is 0. The molecule has 0 unspecified atom stereocenters. The third-order valence-corrected chi connectivity index (χ3v) is 6.61. The fraction of sp³-hybridized carbons (Fsp3) is 0.364. The molecule has 1 aliphatic rings. The summed E-state index contributed by atoms with van der Waals surface area (Å²) in [7, 11) is -1.71. The monoisotopic (exact) mass is 412 g/mol. The van der Waals surface area contributed by atoms with Crippen LogP contribution in [0, 0.1) is 0 Å². The molecule has 4 rings (SSSR count). The Morgan fingerprint density at radius 2 is 1.83 bits per heavy atom. The van der Waals surface area contributed by atoms with Crippen molar-refractivity contribution < 1.29 is 13.2 Å². The number of benzene rings is 1. The van der Waals surface area contributed by atoms with Crippen LogP contribution in [0.25, 0.3) is 21.9 Å². The van der Waals surface area contributed by atoms with Gasteiger partial charge in [0.05, 0.1) is 16.4 Å². The summed E-state index contributed by atoms with van der Waals surface area (Å²) in [4.78, 5) is 16.9. The van der Waals surface area contributed by atoms with Crippen molar-refractivity contribution >= 4 is 20.6 Å². The number of aryl methyl sites for hydroxylation is 1. The lowest BCUT2D eigenvalue weighted by Crippen LogP contribution is -2.20. The minimum Gasteiger partial charge on any atom is -0.490 e. The molecule has 1 fully saturated rings. The molecule has 0 saturated heterocycles. The molecule has 0 amide bonds. The molecule has 0 N–H and O–H groups in total. The second-order valence-electron chi connectivity index (χ2n) is 7.69. The highest BCUT2D eigenvalue weighted by Gasteiger charge is 2.21. The Bertz CT molecular complexity index is 1230. The van der Waals surface area contributed by atoms with Crippen LogP contribution in [0.15, 0.2) is 52.5 Å². The van der Waals surface area contributed by atoms with Gasteiger partial charge in [-0.25, -0.2) is 8.42 Å². The molecule has 3 aromatic rings. The van der Waals surface area contributed by atoms with Gasteiger partial charge in [-0.15, -0.1) is 0 Å².